The number of amides is 2. The van der Waals surface area contributed by atoms with Gasteiger partial charge in [-0.2, -0.15) is 9.78 Å². The number of aromatic nitrogens is 2. The number of carbonyl (C=O) groups excluding carboxylic acids is 2. The van der Waals surface area contributed by atoms with E-state index in [1.807, 2.05) is 37.3 Å². The van der Waals surface area contributed by atoms with E-state index in [2.05, 4.69) is 15.7 Å². The average Bonchev–Trinajstić information content (AvgIpc) is 3.36. The van der Waals surface area contributed by atoms with Crippen LogP contribution < -0.4 is 10.6 Å². The molecular weight excluding hydrogens is 428 g/mol. The van der Waals surface area contributed by atoms with Crippen LogP contribution in [0, 0.1) is 12.8 Å². The molecule has 176 valence electrons. The minimum Gasteiger partial charge on any atom is -0.507 e. The molecule has 7 nitrogen and oxygen atoms in total. The van der Waals surface area contributed by atoms with Crippen LogP contribution >= 0.6 is 0 Å². The maximum absolute atomic E-state index is 13.2. The lowest BCUT2D eigenvalue weighted by Gasteiger charge is -2.13. The number of hydrogen-bond donors (Lipinski definition) is 3. The highest BCUT2D eigenvalue weighted by Crippen LogP contribution is 2.38. The van der Waals surface area contributed by atoms with E-state index in [1.165, 1.54) is 4.68 Å². The Morgan fingerprint density at radius 2 is 1.82 bits per heavy atom. The molecule has 0 atom stereocenters. The van der Waals surface area contributed by atoms with Crippen LogP contribution in [0.5, 0.6) is 5.75 Å². The number of carbonyl (C=O) groups is 2. The molecule has 7 heteroatoms. The van der Waals surface area contributed by atoms with Crippen molar-refractivity contribution >= 4 is 17.6 Å². The number of rotatable bonds is 6. The number of aromatic hydroxyl groups is 1. The fourth-order valence-corrected chi connectivity index (χ4v) is 4.67. The molecule has 2 amide bonds. The first kappa shape index (κ1) is 22.2. The molecule has 0 saturated heterocycles. The van der Waals surface area contributed by atoms with Gasteiger partial charge in [-0.15, -0.1) is 0 Å². The fourth-order valence-electron chi connectivity index (χ4n) is 4.67. The third-order valence-corrected chi connectivity index (χ3v) is 6.88. The largest absolute Gasteiger partial charge is 0.507 e. The fraction of sp³-hybridized carbons (Fsp3) is 0.370. The number of anilines is 1. The number of hydrogen-bond acceptors (Lipinski definition) is 4. The summed E-state index contributed by atoms with van der Waals surface area (Å²) in [5, 5.41) is 21.2. The van der Waals surface area contributed by atoms with E-state index < -0.39 is 0 Å². The van der Waals surface area contributed by atoms with Crippen LogP contribution in [0.1, 0.15) is 61.3 Å². The molecule has 0 bridgehead atoms. The molecule has 2 saturated carbocycles. The predicted octanol–water partition coefficient (Wildman–Crippen LogP) is 5.33. The van der Waals surface area contributed by atoms with Gasteiger partial charge < -0.3 is 15.7 Å². The Kier molecular flexibility index (Phi) is 6.09. The second-order valence-corrected chi connectivity index (χ2v) is 9.43. The zero-order valence-corrected chi connectivity index (χ0v) is 19.4. The van der Waals surface area contributed by atoms with Crippen molar-refractivity contribution in [3.63, 3.8) is 0 Å². The first-order valence-corrected chi connectivity index (χ1v) is 12.1. The van der Waals surface area contributed by atoms with E-state index in [9.17, 15) is 14.7 Å². The monoisotopic (exact) mass is 458 g/mol. The molecule has 1 aromatic heterocycles. The molecule has 5 rings (SSSR count). The second kappa shape index (κ2) is 9.33. The molecule has 1 heterocycles. The smallest absolute Gasteiger partial charge is 0.342 e. The molecule has 3 N–H and O–H groups in total. The number of phenols is 1. The van der Waals surface area contributed by atoms with Crippen LogP contribution in [0.3, 0.4) is 0 Å². The van der Waals surface area contributed by atoms with Gasteiger partial charge in [-0.3, -0.25) is 4.79 Å². The van der Waals surface area contributed by atoms with Crippen LogP contribution in [0.25, 0.3) is 11.3 Å². The molecule has 34 heavy (non-hydrogen) atoms. The van der Waals surface area contributed by atoms with Crippen LogP contribution in [-0.4, -0.2) is 26.8 Å². The van der Waals surface area contributed by atoms with E-state index in [0.29, 0.717) is 23.5 Å². The van der Waals surface area contributed by atoms with Gasteiger partial charge >= 0.3 is 6.03 Å². The molecule has 0 radical (unpaired) electrons. The highest BCUT2D eigenvalue weighted by atomic mass is 16.3. The Bertz CT molecular complexity index is 1220. The van der Waals surface area contributed by atoms with Crippen molar-refractivity contribution in [2.45, 2.75) is 57.9 Å². The summed E-state index contributed by atoms with van der Waals surface area (Å²) in [6.45, 7) is 2.45. The number of nitrogens with zero attached hydrogens (tertiary/aromatic N) is 2. The summed E-state index contributed by atoms with van der Waals surface area (Å²) in [5.41, 5.74) is 4.70. The van der Waals surface area contributed by atoms with E-state index in [4.69, 9.17) is 0 Å². The standard InChI is InChI=1S/C27H30N4O3/c1-17-6-2-3-9-20(17)16-28-27(34)31-24(18-7-4-5-8-18)15-23(30-31)22-13-12-21(14-25(22)32)29-26(33)19-10-11-19/h2-3,6,9,12-15,18-19,32H,4-5,7-8,10-11,16H2,1H3,(H,28,34)(H,29,33). The van der Waals surface area contributed by atoms with Gasteiger partial charge in [0.25, 0.3) is 0 Å². The Hall–Kier alpha value is -3.61. The highest BCUT2D eigenvalue weighted by Gasteiger charge is 2.30. The van der Waals surface area contributed by atoms with E-state index in [0.717, 1.165) is 55.3 Å². The lowest BCUT2D eigenvalue weighted by atomic mass is 10.0. The molecule has 0 aliphatic heterocycles. The van der Waals surface area contributed by atoms with Gasteiger partial charge in [-0.1, -0.05) is 37.1 Å². The van der Waals surface area contributed by atoms with E-state index in [-0.39, 0.29) is 29.5 Å². The Labute approximate surface area is 199 Å². The van der Waals surface area contributed by atoms with Crippen molar-refractivity contribution in [3.05, 3.63) is 65.4 Å². The van der Waals surface area contributed by atoms with E-state index >= 15 is 0 Å². The van der Waals surface area contributed by atoms with Gasteiger partial charge in [0.05, 0.1) is 11.4 Å². The maximum Gasteiger partial charge on any atom is 0.342 e. The van der Waals surface area contributed by atoms with Crippen LogP contribution in [0.15, 0.2) is 48.5 Å². The molecular formula is C27H30N4O3. The van der Waals surface area contributed by atoms with Gasteiger partial charge in [0.1, 0.15) is 5.75 Å². The van der Waals surface area contributed by atoms with Gasteiger partial charge in [0.15, 0.2) is 0 Å². The summed E-state index contributed by atoms with van der Waals surface area (Å²) < 4.78 is 1.46. The molecule has 2 aliphatic carbocycles. The lowest BCUT2D eigenvalue weighted by Crippen LogP contribution is -2.31. The highest BCUT2D eigenvalue weighted by molar-refractivity contribution is 5.94. The minimum atomic E-state index is -0.274. The SMILES string of the molecule is Cc1ccccc1CNC(=O)n1nc(-c2ccc(NC(=O)C3CC3)cc2O)cc1C1CCCC1. The van der Waals surface area contributed by atoms with Crippen molar-refractivity contribution in [2.75, 3.05) is 5.32 Å². The van der Waals surface area contributed by atoms with Crippen molar-refractivity contribution in [2.24, 2.45) is 5.92 Å². The van der Waals surface area contributed by atoms with Crippen molar-refractivity contribution in [3.8, 4) is 17.0 Å². The Balaban J connectivity index is 1.40. The van der Waals surface area contributed by atoms with Gasteiger partial charge in [-0.05, 0) is 61.9 Å². The van der Waals surface area contributed by atoms with Gasteiger partial charge in [-0.25, -0.2) is 4.79 Å². The lowest BCUT2D eigenvalue weighted by molar-refractivity contribution is -0.117. The minimum absolute atomic E-state index is 0.00901. The molecule has 2 aliphatic rings. The molecule has 0 unspecified atom stereocenters. The zero-order chi connectivity index (χ0) is 23.7. The average molecular weight is 459 g/mol. The second-order valence-electron chi connectivity index (χ2n) is 9.43. The third-order valence-electron chi connectivity index (χ3n) is 6.88. The Morgan fingerprint density at radius 3 is 2.53 bits per heavy atom. The van der Waals surface area contributed by atoms with Crippen molar-refractivity contribution < 1.29 is 14.7 Å². The van der Waals surface area contributed by atoms with Gasteiger partial charge in [0, 0.05) is 35.7 Å². The number of phenolic OH excluding ortho intramolecular Hbond substituents is 1. The third kappa shape index (κ3) is 4.69. The normalized spacial score (nSPS) is 15.9. The maximum atomic E-state index is 13.2. The predicted molar refractivity (Wildman–Crippen MR) is 131 cm³/mol. The summed E-state index contributed by atoms with van der Waals surface area (Å²) >= 11 is 0. The molecule has 3 aromatic rings. The molecule has 0 spiro atoms. The van der Waals surface area contributed by atoms with E-state index in [1.54, 1.807) is 18.2 Å². The zero-order valence-electron chi connectivity index (χ0n) is 19.4. The molecule has 2 aromatic carbocycles. The topological polar surface area (TPSA) is 96.3 Å². The summed E-state index contributed by atoms with van der Waals surface area (Å²) in [6.07, 6.45) is 6.16. The van der Waals surface area contributed by atoms with Crippen molar-refractivity contribution in [1.29, 1.82) is 0 Å². The van der Waals surface area contributed by atoms with Crippen LogP contribution in [-0.2, 0) is 11.3 Å². The number of nitrogens with one attached hydrogen (secondary N) is 2. The summed E-state index contributed by atoms with van der Waals surface area (Å²) in [6, 6.07) is 14.7. The number of aryl methyl sites for hydroxylation is 1. The number of benzene rings is 2. The summed E-state index contributed by atoms with van der Waals surface area (Å²) in [5.74, 6) is 0.371. The van der Waals surface area contributed by atoms with Crippen LogP contribution in [0.2, 0.25) is 0 Å². The first-order valence-electron chi connectivity index (χ1n) is 12.1. The first-order chi connectivity index (χ1) is 16.5. The van der Waals surface area contributed by atoms with Crippen molar-refractivity contribution in [1.82, 2.24) is 15.1 Å². The molecule has 2 fully saturated rings. The quantitative estimate of drug-likeness (QED) is 0.465. The summed E-state index contributed by atoms with van der Waals surface area (Å²) in [4.78, 5) is 25.2. The Morgan fingerprint density at radius 1 is 1.06 bits per heavy atom. The summed E-state index contributed by atoms with van der Waals surface area (Å²) in [7, 11) is 0. The van der Waals surface area contributed by atoms with Crippen LogP contribution in [0.4, 0.5) is 10.5 Å². The van der Waals surface area contributed by atoms with Gasteiger partial charge in [0.2, 0.25) is 5.91 Å².